The molecule has 10 nitrogen and oxygen atoms in total. The van der Waals surface area contributed by atoms with Crippen LogP contribution in [0.4, 0.5) is 5.69 Å². The molecule has 4 rings (SSSR count). The van der Waals surface area contributed by atoms with Crippen LogP contribution in [0.2, 0.25) is 0 Å². The van der Waals surface area contributed by atoms with Crippen LogP contribution in [0.1, 0.15) is 62.5 Å². The van der Waals surface area contributed by atoms with Crippen LogP contribution in [0.3, 0.4) is 0 Å². The van der Waals surface area contributed by atoms with Gasteiger partial charge in [0, 0.05) is 79.0 Å². The standard InChI is InChI=1S/C37H56N2O8/c1-5-29(37(40)46-21-8-19-43-4)24-31-25-33(30-10-12-32(13-11-30)44-20-7-18-42-3)36(26-38-31)47-27-28-9-14-35-34(23-28)39(16-22-45-35)15-6-17-41-2/h9-14,23,29,31,33,36,38H,5-8,15-22,24-27H2,1-4H3/t29?,31-,33-,36+/m1/s1. The fraction of sp³-hybridized carbons (Fsp3) is 0.649. The van der Waals surface area contributed by atoms with Gasteiger partial charge in [-0.25, -0.2) is 0 Å². The first-order chi connectivity index (χ1) is 23.1. The predicted octanol–water partition coefficient (Wildman–Crippen LogP) is 5.36. The second kappa shape index (κ2) is 20.5. The van der Waals surface area contributed by atoms with Gasteiger partial charge in [0.05, 0.1) is 44.1 Å². The van der Waals surface area contributed by atoms with Gasteiger partial charge in [0.15, 0.2) is 0 Å². The number of piperidine rings is 1. The Labute approximate surface area is 281 Å². The van der Waals surface area contributed by atoms with Crippen LogP contribution >= 0.6 is 0 Å². The van der Waals surface area contributed by atoms with Crippen LogP contribution < -0.4 is 19.7 Å². The summed E-state index contributed by atoms with van der Waals surface area (Å²) in [5.74, 6) is 1.65. The van der Waals surface area contributed by atoms with Crippen LogP contribution in [-0.2, 0) is 35.1 Å². The van der Waals surface area contributed by atoms with Gasteiger partial charge in [-0.3, -0.25) is 4.79 Å². The molecule has 1 saturated heterocycles. The number of carbonyl (C=O) groups is 1. The molecule has 2 aromatic rings. The van der Waals surface area contributed by atoms with Gasteiger partial charge >= 0.3 is 5.97 Å². The van der Waals surface area contributed by atoms with E-state index >= 15 is 0 Å². The quantitative estimate of drug-likeness (QED) is 0.140. The normalized spacial score (nSPS) is 19.9. The van der Waals surface area contributed by atoms with Gasteiger partial charge in [-0.05, 0) is 61.1 Å². The summed E-state index contributed by atoms with van der Waals surface area (Å²) in [6, 6.07) is 14.9. The first kappa shape index (κ1) is 36.9. The number of ether oxygens (including phenoxy) is 7. The number of hydrogen-bond acceptors (Lipinski definition) is 10. The van der Waals surface area contributed by atoms with Crippen molar-refractivity contribution in [1.82, 2.24) is 5.32 Å². The molecule has 0 bridgehead atoms. The molecule has 47 heavy (non-hydrogen) atoms. The van der Waals surface area contributed by atoms with Gasteiger partial charge in [0.25, 0.3) is 0 Å². The third-order valence-electron chi connectivity index (χ3n) is 9.02. The fourth-order valence-corrected chi connectivity index (χ4v) is 6.39. The number of methoxy groups -OCH3 is 3. The molecule has 4 atom stereocenters. The Morgan fingerprint density at radius 1 is 0.957 bits per heavy atom. The molecule has 0 amide bonds. The summed E-state index contributed by atoms with van der Waals surface area (Å²) in [5.41, 5.74) is 3.45. The van der Waals surface area contributed by atoms with E-state index in [1.807, 2.05) is 12.1 Å². The van der Waals surface area contributed by atoms with Crippen molar-refractivity contribution in [3.63, 3.8) is 0 Å². The Kier molecular flexibility index (Phi) is 16.1. The van der Waals surface area contributed by atoms with Crippen molar-refractivity contribution in [2.24, 2.45) is 5.92 Å². The Bertz CT molecular complexity index is 1180. The SMILES string of the molecule is CCC(C[C@@H]1C[C@H](c2ccc(OCCCOC)cc2)[C@@H](OCc2ccc3c(c2)N(CCCOC)CCO3)CN1)C(=O)OCCCOC. The van der Waals surface area contributed by atoms with Crippen molar-refractivity contribution in [3.05, 3.63) is 53.6 Å². The smallest absolute Gasteiger partial charge is 0.308 e. The Balaban J connectivity index is 1.43. The molecule has 262 valence electrons. The number of hydrogen-bond donors (Lipinski definition) is 1. The van der Waals surface area contributed by atoms with E-state index in [0.29, 0.717) is 52.6 Å². The molecule has 0 saturated carbocycles. The largest absolute Gasteiger partial charge is 0.494 e. The monoisotopic (exact) mass is 656 g/mol. The van der Waals surface area contributed by atoms with Crippen molar-refractivity contribution < 1.29 is 38.0 Å². The molecule has 1 N–H and O–H groups in total. The lowest BCUT2D eigenvalue weighted by atomic mass is 9.81. The molecular formula is C37H56N2O8. The van der Waals surface area contributed by atoms with E-state index in [4.69, 9.17) is 33.2 Å². The minimum Gasteiger partial charge on any atom is -0.494 e. The fourth-order valence-electron chi connectivity index (χ4n) is 6.39. The summed E-state index contributed by atoms with van der Waals surface area (Å²) in [6.07, 6.45) is 4.81. The average Bonchev–Trinajstić information content (AvgIpc) is 3.10. The third kappa shape index (κ3) is 11.6. The zero-order valence-corrected chi connectivity index (χ0v) is 28.9. The van der Waals surface area contributed by atoms with E-state index in [0.717, 1.165) is 74.6 Å². The molecule has 0 spiro atoms. The average molecular weight is 657 g/mol. The summed E-state index contributed by atoms with van der Waals surface area (Å²) < 4.78 is 39.7. The minimum atomic E-state index is -0.152. The molecule has 0 aromatic heterocycles. The van der Waals surface area contributed by atoms with Crippen LogP contribution in [-0.4, -0.2) is 98.7 Å². The summed E-state index contributed by atoms with van der Waals surface area (Å²) in [7, 11) is 5.10. The van der Waals surface area contributed by atoms with Crippen LogP contribution in [0.5, 0.6) is 11.5 Å². The van der Waals surface area contributed by atoms with E-state index in [9.17, 15) is 4.79 Å². The van der Waals surface area contributed by atoms with E-state index in [1.165, 1.54) is 5.56 Å². The molecule has 2 heterocycles. The number of carbonyl (C=O) groups excluding carboxylic acids is 1. The van der Waals surface area contributed by atoms with Crippen molar-refractivity contribution >= 4 is 11.7 Å². The molecular weight excluding hydrogens is 600 g/mol. The number of fused-ring (bicyclic) bond motifs is 1. The maximum atomic E-state index is 12.9. The maximum absolute atomic E-state index is 12.9. The van der Waals surface area contributed by atoms with Crippen molar-refractivity contribution in [3.8, 4) is 11.5 Å². The minimum absolute atomic E-state index is 0.0362. The van der Waals surface area contributed by atoms with Gasteiger partial charge in [-0.15, -0.1) is 0 Å². The van der Waals surface area contributed by atoms with Gasteiger partial charge in [-0.2, -0.15) is 0 Å². The second-order valence-corrected chi connectivity index (χ2v) is 12.4. The first-order valence-corrected chi connectivity index (χ1v) is 17.3. The lowest BCUT2D eigenvalue weighted by molar-refractivity contribution is -0.149. The van der Waals surface area contributed by atoms with E-state index in [-0.39, 0.29) is 30.0 Å². The highest BCUT2D eigenvalue weighted by atomic mass is 16.5. The molecule has 0 radical (unpaired) electrons. The third-order valence-corrected chi connectivity index (χ3v) is 9.02. The maximum Gasteiger partial charge on any atom is 0.308 e. The summed E-state index contributed by atoms with van der Waals surface area (Å²) in [5, 5.41) is 3.71. The molecule has 10 heteroatoms. The first-order valence-electron chi connectivity index (χ1n) is 17.3. The highest BCUT2D eigenvalue weighted by molar-refractivity contribution is 5.72. The van der Waals surface area contributed by atoms with Crippen molar-refractivity contribution in [2.45, 2.75) is 70.1 Å². The van der Waals surface area contributed by atoms with E-state index in [1.54, 1.807) is 21.3 Å². The molecule has 2 aromatic carbocycles. The zero-order chi connectivity index (χ0) is 33.3. The van der Waals surface area contributed by atoms with Gasteiger partial charge < -0.3 is 43.4 Å². The van der Waals surface area contributed by atoms with Crippen LogP contribution in [0, 0.1) is 5.92 Å². The molecule has 1 fully saturated rings. The zero-order valence-electron chi connectivity index (χ0n) is 28.9. The number of nitrogens with one attached hydrogen (secondary N) is 1. The second-order valence-electron chi connectivity index (χ2n) is 12.4. The number of benzene rings is 2. The predicted molar refractivity (Wildman–Crippen MR) is 183 cm³/mol. The van der Waals surface area contributed by atoms with Gasteiger partial charge in [-0.1, -0.05) is 25.1 Å². The Hall–Kier alpha value is -2.89. The highest BCUT2D eigenvalue weighted by Crippen LogP contribution is 2.36. The lowest BCUT2D eigenvalue weighted by Crippen LogP contribution is -2.48. The molecule has 0 aliphatic carbocycles. The van der Waals surface area contributed by atoms with Crippen molar-refractivity contribution in [2.75, 3.05) is 85.5 Å². The van der Waals surface area contributed by atoms with Crippen LogP contribution in [0.15, 0.2) is 42.5 Å². The van der Waals surface area contributed by atoms with Gasteiger partial charge in [0.1, 0.15) is 18.1 Å². The Morgan fingerprint density at radius 2 is 1.70 bits per heavy atom. The summed E-state index contributed by atoms with van der Waals surface area (Å²) in [4.78, 5) is 15.3. The van der Waals surface area contributed by atoms with Crippen molar-refractivity contribution in [1.29, 1.82) is 0 Å². The van der Waals surface area contributed by atoms with E-state index < -0.39 is 0 Å². The van der Waals surface area contributed by atoms with E-state index in [2.05, 4.69) is 47.5 Å². The topological polar surface area (TPSA) is 97.0 Å². The molecule has 1 unspecified atom stereocenters. The lowest BCUT2D eigenvalue weighted by Gasteiger charge is -2.38. The number of esters is 1. The Morgan fingerprint density at radius 3 is 2.45 bits per heavy atom. The number of nitrogens with zero attached hydrogens (tertiary/aromatic N) is 1. The molecule has 2 aliphatic rings. The summed E-state index contributed by atoms with van der Waals surface area (Å²) >= 11 is 0. The summed E-state index contributed by atoms with van der Waals surface area (Å²) in [6.45, 7) is 8.73. The van der Waals surface area contributed by atoms with Crippen LogP contribution in [0.25, 0.3) is 0 Å². The van der Waals surface area contributed by atoms with Gasteiger partial charge in [0.2, 0.25) is 0 Å². The molecule has 2 aliphatic heterocycles. The number of rotatable bonds is 21. The number of anilines is 1. The highest BCUT2D eigenvalue weighted by Gasteiger charge is 2.34.